The molecule has 0 amide bonds. The van der Waals surface area contributed by atoms with Crippen molar-refractivity contribution in [3.05, 3.63) is 59.2 Å². The molecule has 0 aliphatic heterocycles. The smallest absolute Gasteiger partial charge is 0.337 e. The molecule has 0 aliphatic rings. The lowest BCUT2D eigenvalue weighted by molar-refractivity contribution is 0.0652. The summed E-state index contributed by atoms with van der Waals surface area (Å²) in [5, 5.41) is 18.7. The largest absolute Gasteiger partial charge is 0.478 e. The first-order valence-corrected chi connectivity index (χ1v) is 9.73. The molecule has 0 unspecified atom stereocenters. The summed E-state index contributed by atoms with van der Waals surface area (Å²) in [6, 6.07) is 12.3. The summed E-state index contributed by atoms with van der Waals surface area (Å²) in [5.41, 5.74) is 2.03. The van der Waals surface area contributed by atoms with E-state index in [4.69, 9.17) is 0 Å². The summed E-state index contributed by atoms with van der Waals surface area (Å²) < 4.78 is 0. The maximum absolute atomic E-state index is 11.6. The van der Waals surface area contributed by atoms with E-state index in [0.717, 1.165) is 18.4 Å². The lowest BCUT2D eigenvalue weighted by Gasteiger charge is -2.10. The fourth-order valence-corrected chi connectivity index (χ4v) is 3.34. The maximum Gasteiger partial charge on any atom is 0.337 e. The predicted octanol–water partition coefficient (Wildman–Crippen LogP) is 6.04. The predicted molar refractivity (Wildman–Crippen MR) is 107 cm³/mol. The van der Waals surface area contributed by atoms with Gasteiger partial charge in [-0.05, 0) is 35.6 Å². The summed E-state index contributed by atoms with van der Waals surface area (Å²) >= 11 is 0. The lowest BCUT2D eigenvalue weighted by atomic mass is 9.94. The Hall–Kier alpha value is -2.62. The second kappa shape index (κ2) is 10.5. The van der Waals surface area contributed by atoms with Crippen LogP contribution in [0.2, 0.25) is 0 Å². The molecule has 0 aromatic heterocycles. The van der Waals surface area contributed by atoms with Gasteiger partial charge >= 0.3 is 11.9 Å². The molecule has 2 rings (SSSR count). The van der Waals surface area contributed by atoms with Gasteiger partial charge in [-0.2, -0.15) is 0 Å². The minimum Gasteiger partial charge on any atom is -0.478 e. The summed E-state index contributed by atoms with van der Waals surface area (Å²) in [6.07, 6.45) is 9.90. The van der Waals surface area contributed by atoms with Crippen LogP contribution in [0.25, 0.3) is 11.1 Å². The van der Waals surface area contributed by atoms with Gasteiger partial charge in [0.15, 0.2) is 0 Å². The fourth-order valence-electron chi connectivity index (χ4n) is 3.34. The molecule has 0 saturated heterocycles. The molecule has 4 nitrogen and oxygen atoms in total. The number of hydrogen-bond donors (Lipinski definition) is 2. The number of unbranched alkanes of at least 4 members (excludes halogenated alkanes) is 6. The third-order valence-corrected chi connectivity index (χ3v) is 4.84. The number of aromatic carboxylic acids is 2. The Morgan fingerprint density at radius 3 is 2.00 bits per heavy atom. The van der Waals surface area contributed by atoms with Crippen molar-refractivity contribution < 1.29 is 19.8 Å². The Labute approximate surface area is 160 Å². The quantitative estimate of drug-likeness (QED) is 0.474. The van der Waals surface area contributed by atoms with E-state index in [9.17, 15) is 19.8 Å². The van der Waals surface area contributed by atoms with Crippen molar-refractivity contribution in [2.45, 2.75) is 58.3 Å². The van der Waals surface area contributed by atoms with Gasteiger partial charge in [0, 0.05) is 0 Å². The van der Waals surface area contributed by atoms with Gasteiger partial charge in [0.05, 0.1) is 11.1 Å². The first-order chi connectivity index (χ1) is 13.0. The molecule has 2 N–H and O–H groups in total. The Kier molecular flexibility index (Phi) is 8.05. The molecular weight excluding hydrogens is 340 g/mol. The Morgan fingerprint density at radius 1 is 0.778 bits per heavy atom. The van der Waals surface area contributed by atoms with E-state index in [1.807, 2.05) is 24.3 Å². The number of hydrogen-bond acceptors (Lipinski definition) is 2. The molecule has 0 heterocycles. The average molecular weight is 368 g/mol. The van der Waals surface area contributed by atoms with Crippen LogP contribution in [-0.4, -0.2) is 22.2 Å². The van der Waals surface area contributed by atoms with Gasteiger partial charge < -0.3 is 10.2 Å². The fraction of sp³-hybridized carbons (Fsp3) is 0.391. The van der Waals surface area contributed by atoms with Crippen molar-refractivity contribution in [1.82, 2.24) is 0 Å². The molecule has 2 aromatic rings. The SMILES string of the molecule is CCCCCCCCCc1ccc(-c2cccc(C(=O)O)c2C(=O)O)cc1. The van der Waals surface area contributed by atoms with E-state index < -0.39 is 11.9 Å². The van der Waals surface area contributed by atoms with Crippen LogP contribution < -0.4 is 0 Å². The van der Waals surface area contributed by atoms with Crippen molar-refractivity contribution >= 4 is 11.9 Å². The summed E-state index contributed by atoms with van der Waals surface area (Å²) in [6.45, 7) is 2.22. The molecular formula is C23H28O4. The van der Waals surface area contributed by atoms with E-state index in [1.54, 1.807) is 12.1 Å². The van der Waals surface area contributed by atoms with Gasteiger partial charge in [-0.15, -0.1) is 0 Å². The van der Waals surface area contributed by atoms with Crippen LogP contribution >= 0.6 is 0 Å². The third kappa shape index (κ3) is 5.95. The number of carboxylic acids is 2. The molecule has 0 saturated carbocycles. The monoisotopic (exact) mass is 368 g/mol. The van der Waals surface area contributed by atoms with Crippen molar-refractivity contribution in [2.24, 2.45) is 0 Å². The van der Waals surface area contributed by atoms with Crippen LogP contribution in [0.5, 0.6) is 0 Å². The standard InChI is InChI=1S/C23H28O4/c1-2-3-4-5-6-7-8-10-17-13-15-18(16-14-17)19-11-9-12-20(22(24)25)21(19)23(26)27/h9,11-16H,2-8,10H2,1H3,(H,24,25)(H,26,27). The summed E-state index contributed by atoms with van der Waals surface area (Å²) in [4.78, 5) is 22.9. The highest BCUT2D eigenvalue weighted by atomic mass is 16.4. The minimum absolute atomic E-state index is 0.162. The second-order valence-corrected chi connectivity index (χ2v) is 6.91. The molecule has 0 spiro atoms. The zero-order chi connectivity index (χ0) is 19.6. The summed E-state index contributed by atoms with van der Waals surface area (Å²) in [5.74, 6) is -2.46. The highest BCUT2D eigenvalue weighted by Crippen LogP contribution is 2.27. The highest BCUT2D eigenvalue weighted by Gasteiger charge is 2.20. The van der Waals surface area contributed by atoms with Crippen LogP contribution in [0.3, 0.4) is 0 Å². The number of benzene rings is 2. The molecule has 0 radical (unpaired) electrons. The van der Waals surface area contributed by atoms with Gasteiger partial charge in [0.1, 0.15) is 0 Å². The van der Waals surface area contributed by atoms with Gasteiger partial charge in [0.2, 0.25) is 0 Å². The Bertz CT molecular complexity index is 762. The van der Waals surface area contributed by atoms with Gasteiger partial charge in [0.25, 0.3) is 0 Å². The molecule has 0 atom stereocenters. The van der Waals surface area contributed by atoms with Gasteiger partial charge in [-0.25, -0.2) is 9.59 Å². The van der Waals surface area contributed by atoms with E-state index in [2.05, 4.69) is 6.92 Å². The van der Waals surface area contributed by atoms with Crippen molar-refractivity contribution in [2.75, 3.05) is 0 Å². The lowest BCUT2D eigenvalue weighted by Crippen LogP contribution is -2.09. The molecule has 0 fully saturated rings. The zero-order valence-electron chi connectivity index (χ0n) is 15.9. The Balaban J connectivity index is 2.02. The molecule has 0 bridgehead atoms. The van der Waals surface area contributed by atoms with E-state index in [1.165, 1.54) is 50.2 Å². The Morgan fingerprint density at radius 2 is 1.41 bits per heavy atom. The van der Waals surface area contributed by atoms with Crippen LogP contribution in [0.15, 0.2) is 42.5 Å². The van der Waals surface area contributed by atoms with Crippen molar-refractivity contribution in [3.63, 3.8) is 0 Å². The zero-order valence-corrected chi connectivity index (χ0v) is 15.9. The average Bonchev–Trinajstić information content (AvgIpc) is 2.67. The number of aryl methyl sites for hydroxylation is 1. The first kappa shape index (κ1) is 20.7. The van der Waals surface area contributed by atoms with Gasteiger partial charge in [-0.1, -0.05) is 81.8 Å². The normalized spacial score (nSPS) is 10.7. The van der Waals surface area contributed by atoms with Crippen molar-refractivity contribution in [1.29, 1.82) is 0 Å². The maximum atomic E-state index is 11.6. The van der Waals surface area contributed by atoms with E-state index in [0.29, 0.717) is 5.56 Å². The summed E-state index contributed by atoms with van der Waals surface area (Å²) in [7, 11) is 0. The molecule has 4 heteroatoms. The minimum atomic E-state index is -1.23. The first-order valence-electron chi connectivity index (χ1n) is 9.73. The van der Waals surface area contributed by atoms with Crippen LogP contribution in [0.1, 0.15) is 78.1 Å². The molecule has 0 aliphatic carbocycles. The topological polar surface area (TPSA) is 74.6 Å². The van der Waals surface area contributed by atoms with Crippen molar-refractivity contribution in [3.8, 4) is 11.1 Å². The van der Waals surface area contributed by atoms with Crippen LogP contribution in [0, 0.1) is 0 Å². The second-order valence-electron chi connectivity index (χ2n) is 6.91. The molecule has 144 valence electrons. The third-order valence-electron chi connectivity index (χ3n) is 4.84. The number of rotatable bonds is 11. The molecule has 2 aromatic carbocycles. The van der Waals surface area contributed by atoms with E-state index >= 15 is 0 Å². The number of carbonyl (C=O) groups is 2. The van der Waals surface area contributed by atoms with Gasteiger partial charge in [-0.3, -0.25) is 0 Å². The highest BCUT2D eigenvalue weighted by molar-refractivity contribution is 6.06. The van der Waals surface area contributed by atoms with Crippen LogP contribution in [-0.2, 0) is 6.42 Å². The van der Waals surface area contributed by atoms with Crippen LogP contribution in [0.4, 0.5) is 0 Å². The molecule has 27 heavy (non-hydrogen) atoms. The van der Waals surface area contributed by atoms with E-state index in [-0.39, 0.29) is 11.1 Å². The number of carboxylic acid groups (broad SMARTS) is 2.